The van der Waals surface area contributed by atoms with Crippen molar-refractivity contribution in [2.45, 2.75) is 13.5 Å². The van der Waals surface area contributed by atoms with Crippen molar-refractivity contribution in [1.82, 2.24) is 4.90 Å². The molecule has 0 spiro atoms. The average Bonchev–Trinajstić information content (AvgIpc) is 2.74. The van der Waals surface area contributed by atoms with Gasteiger partial charge < -0.3 is 23.8 Å². The second-order valence-electron chi connectivity index (χ2n) is 5.88. The SMILES string of the molecule is CCN(Cc1ccccc1)C(=O)COC(=O)c1cc(OC)c(OC)c(OC)c1. The molecule has 0 N–H and O–H groups in total. The van der Waals surface area contributed by atoms with Crippen LogP contribution in [0, 0.1) is 0 Å². The molecule has 7 nitrogen and oxygen atoms in total. The fraction of sp³-hybridized carbons (Fsp3) is 0.333. The van der Waals surface area contributed by atoms with Crippen LogP contribution in [0.1, 0.15) is 22.8 Å². The molecule has 0 aliphatic rings. The molecule has 0 saturated heterocycles. The summed E-state index contributed by atoms with van der Waals surface area (Å²) >= 11 is 0. The Labute approximate surface area is 164 Å². The van der Waals surface area contributed by atoms with Gasteiger partial charge in [-0.1, -0.05) is 30.3 Å². The number of benzene rings is 2. The minimum Gasteiger partial charge on any atom is -0.493 e. The summed E-state index contributed by atoms with van der Waals surface area (Å²) in [6, 6.07) is 12.6. The summed E-state index contributed by atoms with van der Waals surface area (Å²) < 4.78 is 20.9. The van der Waals surface area contributed by atoms with E-state index in [-0.39, 0.29) is 18.1 Å². The number of likely N-dealkylation sites (N-methyl/N-ethyl adjacent to an activating group) is 1. The van der Waals surface area contributed by atoms with E-state index in [4.69, 9.17) is 18.9 Å². The van der Waals surface area contributed by atoms with E-state index < -0.39 is 5.97 Å². The Hall–Kier alpha value is -3.22. The highest BCUT2D eigenvalue weighted by molar-refractivity contribution is 5.92. The number of nitrogens with zero attached hydrogens (tertiary/aromatic N) is 1. The molecule has 2 rings (SSSR count). The van der Waals surface area contributed by atoms with Gasteiger partial charge in [0.1, 0.15) is 0 Å². The minimum absolute atomic E-state index is 0.202. The number of esters is 1. The molecular weight excluding hydrogens is 362 g/mol. The van der Waals surface area contributed by atoms with Gasteiger partial charge in [0.25, 0.3) is 5.91 Å². The van der Waals surface area contributed by atoms with E-state index in [0.29, 0.717) is 30.3 Å². The number of amides is 1. The fourth-order valence-corrected chi connectivity index (χ4v) is 2.68. The molecule has 0 unspecified atom stereocenters. The van der Waals surface area contributed by atoms with E-state index in [1.54, 1.807) is 4.90 Å². The van der Waals surface area contributed by atoms with Crippen LogP contribution < -0.4 is 14.2 Å². The molecule has 150 valence electrons. The summed E-state index contributed by atoms with van der Waals surface area (Å²) in [5.41, 5.74) is 1.21. The van der Waals surface area contributed by atoms with Crippen LogP contribution in [0.15, 0.2) is 42.5 Å². The van der Waals surface area contributed by atoms with Crippen LogP contribution in [0.5, 0.6) is 17.2 Å². The van der Waals surface area contributed by atoms with E-state index >= 15 is 0 Å². The molecular formula is C21H25NO6. The highest BCUT2D eigenvalue weighted by Gasteiger charge is 2.20. The number of methoxy groups -OCH3 is 3. The van der Waals surface area contributed by atoms with E-state index in [9.17, 15) is 9.59 Å². The van der Waals surface area contributed by atoms with Gasteiger partial charge in [-0.05, 0) is 24.6 Å². The van der Waals surface area contributed by atoms with Gasteiger partial charge in [0.2, 0.25) is 5.75 Å². The molecule has 2 aromatic rings. The lowest BCUT2D eigenvalue weighted by Crippen LogP contribution is -2.34. The van der Waals surface area contributed by atoms with Gasteiger partial charge >= 0.3 is 5.97 Å². The van der Waals surface area contributed by atoms with Crippen molar-refractivity contribution >= 4 is 11.9 Å². The highest BCUT2D eigenvalue weighted by atomic mass is 16.5. The Balaban J connectivity index is 2.05. The van der Waals surface area contributed by atoms with Crippen LogP contribution >= 0.6 is 0 Å². The maximum absolute atomic E-state index is 12.4. The van der Waals surface area contributed by atoms with Crippen LogP contribution in [0.2, 0.25) is 0 Å². The molecule has 2 aromatic carbocycles. The molecule has 7 heteroatoms. The van der Waals surface area contributed by atoms with Gasteiger partial charge in [0, 0.05) is 13.1 Å². The lowest BCUT2D eigenvalue weighted by molar-refractivity contribution is -0.134. The van der Waals surface area contributed by atoms with Crippen LogP contribution in [0.3, 0.4) is 0 Å². The summed E-state index contributed by atoms with van der Waals surface area (Å²) in [7, 11) is 4.39. The standard InChI is InChI=1S/C21H25NO6/c1-5-22(13-15-9-7-6-8-10-15)19(23)14-28-21(24)16-11-17(25-2)20(27-4)18(12-16)26-3/h6-12H,5,13-14H2,1-4H3. The first kappa shape index (κ1) is 21.1. The predicted molar refractivity (Wildman–Crippen MR) is 104 cm³/mol. The molecule has 0 bridgehead atoms. The first-order valence-electron chi connectivity index (χ1n) is 8.82. The first-order valence-corrected chi connectivity index (χ1v) is 8.82. The van der Waals surface area contributed by atoms with E-state index in [0.717, 1.165) is 5.56 Å². The van der Waals surface area contributed by atoms with Gasteiger partial charge in [0.05, 0.1) is 26.9 Å². The van der Waals surface area contributed by atoms with Crippen molar-refractivity contribution in [1.29, 1.82) is 0 Å². The van der Waals surface area contributed by atoms with Crippen LogP contribution in [0.25, 0.3) is 0 Å². The Morgan fingerprint density at radius 1 is 0.929 bits per heavy atom. The van der Waals surface area contributed by atoms with Gasteiger partial charge in [-0.3, -0.25) is 4.79 Å². The van der Waals surface area contributed by atoms with Crippen molar-refractivity contribution in [3.63, 3.8) is 0 Å². The van der Waals surface area contributed by atoms with Gasteiger partial charge in [0.15, 0.2) is 18.1 Å². The zero-order valence-electron chi connectivity index (χ0n) is 16.6. The third-order valence-corrected chi connectivity index (χ3v) is 4.18. The fourth-order valence-electron chi connectivity index (χ4n) is 2.68. The number of hydrogen-bond acceptors (Lipinski definition) is 6. The first-order chi connectivity index (χ1) is 13.5. The number of carbonyl (C=O) groups excluding carboxylic acids is 2. The van der Waals surface area contributed by atoms with E-state index in [1.807, 2.05) is 37.3 Å². The van der Waals surface area contributed by atoms with Crippen molar-refractivity contribution in [3.8, 4) is 17.2 Å². The lowest BCUT2D eigenvalue weighted by atomic mass is 10.2. The van der Waals surface area contributed by atoms with Crippen molar-refractivity contribution < 1.29 is 28.5 Å². The third-order valence-electron chi connectivity index (χ3n) is 4.18. The number of hydrogen-bond donors (Lipinski definition) is 0. The molecule has 28 heavy (non-hydrogen) atoms. The van der Waals surface area contributed by atoms with Gasteiger partial charge in [-0.15, -0.1) is 0 Å². The van der Waals surface area contributed by atoms with Crippen molar-refractivity contribution in [2.24, 2.45) is 0 Å². The zero-order chi connectivity index (χ0) is 20.5. The van der Waals surface area contributed by atoms with Crippen LogP contribution in [-0.4, -0.2) is 51.3 Å². The Morgan fingerprint density at radius 3 is 2.04 bits per heavy atom. The zero-order valence-corrected chi connectivity index (χ0v) is 16.6. The van der Waals surface area contributed by atoms with Crippen LogP contribution in [0.4, 0.5) is 0 Å². The molecule has 1 amide bonds. The molecule has 0 heterocycles. The second-order valence-corrected chi connectivity index (χ2v) is 5.88. The van der Waals surface area contributed by atoms with E-state index in [1.165, 1.54) is 33.5 Å². The molecule has 0 aromatic heterocycles. The summed E-state index contributed by atoms with van der Waals surface area (Å²) in [5.74, 6) is 0.118. The molecule has 0 atom stereocenters. The summed E-state index contributed by atoms with van der Waals surface area (Å²) in [6.07, 6.45) is 0. The Morgan fingerprint density at radius 2 is 1.54 bits per heavy atom. The predicted octanol–water partition coefficient (Wildman–Crippen LogP) is 2.92. The summed E-state index contributed by atoms with van der Waals surface area (Å²) in [6.45, 7) is 2.49. The van der Waals surface area contributed by atoms with Crippen LogP contribution in [-0.2, 0) is 16.1 Å². The average molecular weight is 387 g/mol. The Bertz CT molecular complexity index is 781. The molecule has 0 radical (unpaired) electrons. The third kappa shape index (κ3) is 5.16. The number of ether oxygens (including phenoxy) is 4. The highest BCUT2D eigenvalue weighted by Crippen LogP contribution is 2.38. The largest absolute Gasteiger partial charge is 0.493 e. The van der Waals surface area contributed by atoms with Gasteiger partial charge in [-0.25, -0.2) is 4.79 Å². The lowest BCUT2D eigenvalue weighted by Gasteiger charge is -2.21. The summed E-state index contributed by atoms with van der Waals surface area (Å²) in [4.78, 5) is 26.5. The summed E-state index contributed by atoms with van der Waals surface area (Å²) in [5, 5.41) is 0. The maximum atomic E-state index is 12.4. The monoisotopic (exact) mass is 387 g/mol. The molecule has 0 aliphatic carbocycles. The smallest absolute Gasteiger partial charge is 0.338 e. The number of rotatable bonds is 9. The van der Waals surface area contributed by atoms with E-state index in [2.05, 4.69) is 0 Å². The van der Waals surface area contributed by atoms with Gasteiger partial charge in [-0.2, -0.15) is 0 Å². The maximum Gasteiger partial charge on any atom is 0.338 e. The molecule has 0 saturated carbocycles. The molecule has 0 fully saturated rings. The second kappa shape index (κ2) is 10.2. The number of carbonyl (C=O) groups is 2. The quantitative estimate of drug-likeness (QED) is 0.616. The van der Waals surface area contributed by atoms with Crippen molar-refractivity contribution in [3.05, 3.63) is 53.6 Å². The topological polar surface area (TPSA) is 74.3 Å². The normalized spacial score (nSPS) is 10.1. The Kier molecular flexibility index (Phi) is 7.68. The minimum atomic E-state index is -0.650. The van der Waals surface area contributed by atoms with Crippen molar-refractivity contribution in [2.75, 3.05) is 34.5 Å². The molecule has 0 aliphatic heterocycles.